The van der Waals surface area contributed by atoms with E-state index in [2.05, 4.69) is 26.3 Å². The van der Waals surface area contributed by atoms with Crippen molar-refractivity contribution in [1.82, 2.24) is 9.78 Å². The first-order chi connectivity index (χ1) is 9.40. The molecule has 2 rings (SSSR count). The Morgan fingerprint density at radius 2 is 2.10 bits per heavy atom. The largest absolute Gasteiger partial charge is 0.376 e. The summed E-state index contributed by atoms with van der Waals surface area (Å²) in [7, 11) is 1.53. The quantitative estimate of drug-likeness (QED) is 0.931. The van der Waals surface area contributed by atoms with Gasteiger partial charge in [-0.25, -0.2) is 13.5 Å². The molecule has 1 heterocycles. The van der Waals surface area contributed by atoms with E-state index in [9.17, 15) is 13.6 Å². The molecule has 1 aromatic carbocycles. The third-order valence-electron chi connectivity index (χ3n) is 2.88. The Bertz CT molecular complexity index is 703. The summed E-state index contributed by atoms with van der Waals surface area (Å²) in [4.78, 5) is 11.7. The summed E-state index contributed by atoms with van der Waals surface area (Å²) in [5.41, 5.74) is 0.449. The minimum atomic E-state index is -0.641. The van der Waals surface area contributed by atoms with Crippen LogP contribution in [0.15, 0.2) is 33.7 Å². The average Bonchev–Trinajstić information content (AvgIpc) is 2.39. The zero-order chi connectivity index (χ0) is 14.9. The maximum absolute atomic E-state index is 13.7. The lowest BCUT2D eigenvalue weighted by molar-refractivity contribution is 0.566. The molecule has 0 saturated carbocycles. The highest BCUT2D eigenvalue weighted by Crippen LogP contribution is 2.25. The lowest BCUT2D eigenvalue weighted by Gasteiger charge is -2.17. The summed E-state index contributed by atoms with van der Waals surface area (Å²) in [5, 5.41) is 6.85. The van der Waals surface area contributed by atoms with Gasteiger partial charge in [-0.05, 0) is 28.9 Å². The van der Waals surface area contributed by atoms with Crippen LogP contribution in [0, 0.1) is 11.6 Å². The van der Waals surface area contributed by atoms with Crippen molar-refractivity contribution in [1.29, 1.82) is 0 Å². The van der Waals surface area contributed by atoms with Gasteiger partial charge >= 0.3 is 0 Å². The molecule has 2 aromatic rings. The second kappa shape index (κ2) is 5.70. The molecule has 1 N–H and O–H groups in total. The summed E-state index contributed by atoms with van der Waals surface area (Å²) in [6.07, 6.45) is 1.46. The van der Waals surface area contributed by atoms with Gasteiger partial charge in [0.25, 0.3) is 5.56 Å². The van der Waals surface area contributed by atoms with Gasteiger partial charge < -0.3 is 5.32 Å². The van der Waals surface area contributed by atoms with Crippen LogP contribution < -0.4 is 10.9 Å². The Morgan fingerprint density at radius 3 is 2.75 bits per heavy atom. The van der Waals surface area contributed by atoms with Gasteiger partial charge in [-0.1, -0.05) is 6.07 Å². The molecule has 0 amide bonds. The predicted octanol–water partition coefficient (Wildman–Crippen LogP) is 2.99. The van der Waals surface area contributed by atoms with Crippen LogP contribution in [0.5, 0.6) is 0 Å². The van der Waals surface area contributed by atoms with Gasteiger partial charge in [0.1, 0.15) is 16.1 Å². The predicted molar refractivity (Wildman–Crippen MR) is 75.6 cm³/mol. The number of hydrogen-bond donors (Lipinski definition) is 1. The highest BCUT2D eigenvalue weighted by atomic mass is 79.9. The van der Waals surface area contributed by atoms with E-state index in [-0.39, 0.29) is 5.56 Å². The number of rotatable bonds is 3. The third kappa shape index (κ3) is 2.87. The van der Waals surface area contributed by atoms with E-state index in [1.165, 1.54) is 30.1 Å². The van der Waals surface area contributed by atoms with Crippen LogP contribution in [0.1, 0.15) is 18.5 Å². The third-order valence-corrected chi connectivity index (χ3v) is 3.65. The normalized spacial score (nSPS) is 12.2. The van der Waals surface area contributed by atoms with E-state index >= 15 is 0 Å². The highest BCUT2D eigenvalue weighted by Gasteiger charge is 2.14. The van der Waals surface area contributed by atoms with Gasteiger partial charge in [-0.2, -0.15) is 5.10 Å². The van der Waals surface area contributed by atoms with Gasteiger partial charge in [0.2, 0.25) is 0 Å². The average molecular weight is 344 g/mol. The Balaban J connectivity index is 2.30. The fraction of sp³-hybridized carbons (Fsp3) is 0.231. The number of anilines is 1. The maximum Gasteiger partial charge on any atom is 0.282 e. The van der Waals surface area contributed by atoms with Gasteiger partial charge in [0.05, 0.1) is 17.9 Å². The topological polar surface area (TPSA) is 46.9 Å². The summed E-state index contributed by atoms with van der Waals surface area (Å²) >= 11 is 3.17. The molecule has 0 aliphatic carbocycles. The molecule has 0 saturated heterocycles. The minimum absolute atomic E-state index is 0.304. The summed E-state index contributed by atoms with van der Waals surface area (Å²) in [5.74, 6) is -1.27. The first-order valence-corrected chi connectivity index (χ1v) is 6.62. The molecule has 0 fully saturated rings. The highest BCUT2D eigenvalue weighted by molar-refractivity contribution is 9.10. The number of nitrogens with zero attached hydrogens (tertiary/aromatic N) is 2. The Morgan fingerprint density at radius 1 is 1.40 bits per heavy atom. The van der Waals surface area contributed by atoms with Gasteiger partial charge in [-0.3, -0.25) is 4.79 Å². The van der Waals surface area contributed by atoms with Crippen molar-refractivity contribution in [3.05, 3.63) is 56.4 Å². The Labute approximate surface area is 122 Å². The first kappa shape index (κ1) is 14.6. The van der Waals surface area contributed by atoms with E-state index in [1.807, 2.05) is 0 Å². The summed E-state index contributed by atoms with van der Waals surface area (Å²) in [6.45, 7) is 1.71. The van der Waals surface area contributed by atoms with Crippen LogP contribution in [-0.2, 0) is 7.05 Å². The van der Waals surface area contributed by atoms with Crippen molar-refractivity contribution in [3.63, 3.8) is 0 Å². The van der Waals surface area contributed by atoms with Crippen LogP contribution in [0.4, 0.5) is 14.5 Å². The molecular weight excluding hydrogens is 332 g/mol. The maximum atomic E-state index is 13.7. The van der Waals surface area contributed by atoms with Crippen molar-refractivity contribution in [2.75, 3.05) is 5.32 Å². The van der Waals surface area contributed by atoms with Crippen molar-refractivity contribution < 1.29 is 8.78 Å². The zero-order valence-corrected chi connectivity index (χ0v) is 12.4. The summed E-state index contributed by atoms with van der Waals surface area (Å²) in [6, 6.07) is 2.93. The number of benzene rings is 1. The van der Waals surface area contributed by atoms with Gasteiger partial charge in [-0.15, -0.1) is 0 Å². The van der Waals surface area contributed by atoms with E-state index < -0.39 is 17.7 Å². The lowest BCUT2D eigenvalue weighted by atomic mass is 10.1. The minimum Gasteiger partial charge on any atom is -0.376 e. The molecule has 4 nitrogen and oxygen atoms in total. The molecule has 1 atom stereocenters. The van der Waals surface area contributed by atoms with E-state index in [1.54, 1.807) is 6.92 Å². The molecular formula is C13H12BrF2N3O. The van der Waals surface area contributed by atoms with E-state index in [0.717, 1.165) is 6.07 Å². The first-order valence-electron chi connectivity index (χ1n) is 5.83. The molecule has 1 aromatic heterocycles. The van der Waals surface area contributed by atoms with E-state index in [0.29, 0.717) is 15.7 Å². The lowest BCUT2D eigenvalue weighted by Crippen LogP contribution is -2.22. The molecule has 0 radical (unpaired) electrons. The fourth-order valence-electron chi connectivity index (χ4n) is 1.78. The second-order valence-electron chi connectivity index (χ2n) is 4.33. The number of aryl methyl sites for hydroxylation is 1. The number of halogens is 3. The number of nitrogens with one attached hydrogen (secondary N) is 1. The molecule has 0 aliphatic heterocycles. The molecule has 20 heavy (non-hydrogen) atoms. The molecule has 0 aliphatic rings. The second-order valence-corrected chi connectivity index (χ2v) is 5.13. The van der Waals surface area contributed by atoms with E-state index in [4.69, 9.17) is 0 Å². The van der Waals surface area contributed by atoms with Crippen LogP contribution in [0.3, 0.4) is 0 Å². The molecule has 0 spiro atoms. The molecule has 0 bridgehead atoms. The van der Waals surface area contributed by atoms with Crippen molar-refractivity contribution >= 4 is 21.6 Å². The van der Waals surface area contributed by atoms with Gasteiger partial charge in [0, 0.05) is 18.7 Å². The molecule has 1 unspecified atom stereocenters. The summed E-state index contributed by atoms with van der Waals surface area (Å²) < 4.78 is 28.0. The van der Waals surface area contributed by atoms with Crippen LogP contribution in [0.2, 0.25) is 0 Å². The van der Waals surface area contributed by atoms with Crippen LogP contribution in [0.25, 0.3) is 0 Å². The SMILES string of the molecule is CC(Nc1cnn(C)c(=O)c1Br)c1ccc(F)cc1F. The fourth-order valence-corrected chi connectivity index (χ4v) is 2.25. The van der Waals surface area contributed by atoms with Crippen molar-refractivity contribution in [2.24, 2.45) is 7.05 Å². The van der Waals surface area contributed by atoms with Crippen molar-refractivity contribution in [2.45, 2.75) is 13.0 Å². The Kier molecular flexibility index (Phi) is 4.17. The Hall–Kier alpha value is -1.76. The van der Waals surface area contributed by atoms with Crippen LogP contribution >= 0.6 is 15.9 Å². The molecule has 7 heteroatoms. The standard InChI is InChI=1S/C13H12BrF2N3O/c1-7(9-4-3-8(15)5-10(9)16)18-11-6-17-19(2)13(20)12(11)14/h3-7,18H,1-2H3. The van der Waals surface area contributed by atoms with Crippen molar-refractivity contribution in [3.8, 4) is 0 Å². The van der Waals surface area contributed by atoms with Gasteiger partial charge in [0.15, 0.2) is 0 Å². The monoisotopic (exact) mass is 343 g/mol. The number of hydrogen-bond acceptors (Lipinski definition) is 3. The number of aromatic nitrogens is 2. The van der Waals surface area contributed by atoms with Crippen LogP contribution in [-0.4, -0.2) is 9.78 Å². The smallest absolute Gasteiger partial charge is 0.282 e. The zero-order valence-electron chi connectivity index (χ0n) is 10.8. The molecule has 106 valence electrons.